The minimum atomic E-state index is 0.580. The smallest absolute Gasteiger partial charge is 0.208 e. The van der Waals surface area contributed by atoms with Crippen LogP contribution in [0.5, 0.6) is 0 Å². The molecule has 1 fully saturated rings. The van der Waals surface area contributed by atoms with E-state index in [2.05, 4.69) is 9.89 Å². The summed E-state index contributed by atoms with van der Waals surface area (Å²) in [7, 11) is 1.72. The van der Waals surface area contributed by atoms with Crippen LogP contribution in [0.25, 0.3) is 0 Å². The lowest BCUT2D eigenvalue weighted by Crippen LogP contribution is -2.26. The van der Waals surface area contributed by atoms with Crippen molar-refractivity contribution in [1.82, 2.24) is 4.90 Å². The van der Waals surface area contributed by atoms with Crippen LogP contribution in [0.1, 0.15) is 6.42 Å². The largest absolute Gasteiger partial charge is 0.384 e. The number of nitriles is 1. The van der Waals surface area contributed by atoms with Crippen molar-refractivity contribution in [3.63, 3.8) is 0 Å². The van der Waals surface area contributed by atoms with Gasteiger partial charge in [0.25, 0.3) is 0 Å². The first kappa shape index (κ1) is 11.3. The van der Waals surface area contributed by atoms with Gasteiger partial charge in [-0.1, -0.05) is 11.8 Å². The van der Waals surface area contributed by atoms with E-state index in [0.717, 1.165) is 31.3 Å². The summed E-state index contributed by atoms with van der Waals surface area (Å²) in [4.78, 5) is 5.94. The number of amidine groups is 1. The fraction of sp³-hybridized carbons (Fsp3) is 0.778. The third-order valence-electron chi connectivity index (χ3n) is 2.29. The number of aliphatic imine (C=N–C) groups is 1. The Bertz CT molecular complexity index is 249. The summed E-state index contributed by atoms with van der Waals surface area (Å²) in [6, 6.07) is 0. The molecule has 0 bridgehead atoms. The zero-order chi connectivity index (χ0) is 10.4. The van der Waals surface area contributed by atoms with Gasteiger partial charge in [0.05, 0.1) is 6.61 Å². The molecule has 1 rings (SSSR count). The van der Waals surface area contributed by atoms with Crippen molar-refractivity contribution in [3.8, 4) is 6.19 Å². The number of hydrogen-bond acceptors (Lipinski definition) is 4. The van der Waals surface area contributed by atoms with E-state index in [0.29, 0.717) is 5.92 Å². The molecule has 1 aliphatic heterocycles. The van der Waals surface area contributed by atoms with Gasteiger partial charge in [0.15, 0.2) is 5.17 Å². The van der Waals surface area contributed by atoms with E-state index in [4.69, 9.17) is 10.00 Å². The molecule has 5 heteroatoms. The minimum Gasteiger partial charge on any atom is -0.384 e. The molecule has 1 heterocycles. The zero-order valence-electron chi connectivity index (χ0n) is 8.56. The maximum atomic E-state index is 8.50. The van der Waals surface area contributed by atoms with E-state index in [1.54, 1.807) is 7.11 Å². The van der Waals surface area contributed by atoms with Gasteiger partial charge in [-0.3, -0.25) is 0 Å². The molecule has 0 radical (unpaired) electrons. The van der Waals surface area contributed by atoms with Gasteiger partial charge in [-0.2, -0.15) is 5.26 Å². The average molecular weight is 213 g/mol. The Kier molecular flexibility index (Phi) is 4.77. The molecule has 0 aromatic heterocycles. The molecular weight excluding hydrogens is 198 g/mol. The number of methoxy groups -OCH3 is 1. The second-order valence-corrected chi connectivity index (χ2v) is 4.03. The lowest BCUT2D eigenvalue weighted by atomic mass is 10.1. The van der Waals surface area contributed by atoms with Gasteiger partial charge >= 0.3 is 0 Å². The normalized spacial score (nSPS) is 22.5. The summed E-state index contributed by atoms with van der Waals surface area (Å²) in [5.41, 5.74) is 0. The van der Waals surface area contributed by atoms with Crippen LogP contribution in [0.2, 0.25) is 0 Å². The molecule has 0 N–H and O–H groups in total. The van der Waals surface area contributed by atoms with Crippen molar-refractivity contribution in [2.45, 2.75) is 6.42 Å². The molecular formula is C9H15N3OS. The van der Waals surface area contributed by atoms with E-state index in [1.807, 2.05) is 12.4 Å². The summed E-state index contributed by atoms with van der Waals surface area (Å²) < 4.78 is 5.11. The monoisotopic (exact) mass is 213 g/mol. The van der Waals surface area contributed by atoms with Gasteiger partial charge in [-0.25, -0.2) is 0 Å². The van der Waals surface area contributed by atoms with E-state index < -0.39 is 0 Å². The van der Waals surface area contributed by atoms with E-state index in [9.17, 15) is 0 Å². The fourth-order valence-corrected chi connectivity index (χ4v) is 2.22. The molecule has 0 aromatic carbocycles. The summed E-state index contributed by atoms with van der Waals surface area (Å²) in [5.74, 6) is 0.580. The molecule has 1 saturated heterocycles. The quantitative estimate of drug-likeness (QED) is 0.392. The fourth-order valence-electron chi connectivity index (χ4n) is 1.67. The van der Waals surface area contributed by atoms with Crippen LogP contribution in [0.3, 0.4) is 0 Å². The number of likely N-dealkylation sites (tertiary alicyclic amines) is 1. The lowest BCUT2D eigenvalue weighted by molar-refractivity contribution is 0.157. The van der Waals surface area contributed by atoms with Crippen molar-refractivity contribution in [2.24, 2.45) is 10.9 Å². The van der Waals surface area contributed by atoms with E-state index in [-0.39, 0.29) is 0 Å². The Morgan fingerprint density at radius 3 is 3.14 bits per heavy atom. The molecule has 1 atom stereocenters. The van der Waals surface area contributed by atoms with Gasteiger partial charge in [0.1, 0.15) is 0 Å². The first-order chi connectivity index (χ1) is 6.81. The van der Waals surface area contributed by atoms with E-state index in [1.165, 1.54) is 11.8 Å². The molecule has 14 heavy (non-hydrogen) atoms. The summed E-state index contributed by atoms with van der Waals surface area (Å²) in [6.07, 6.45) is 4.90. The van der Waals surface area contributed by atoms with Gasteiger partial charge < -0.3 is 9.64 Å². The third kappa shape index (κ3) is 2.89. The maximum absolute atomic E-state index is 8.50. The Morgan fingerprint density at radius 2 is 2.57 bits per heavy atom. The van der Waals surface area contributed by atoms with Crippen molar-refractivity contribution < 1.29 is 4.74 Å². The molecule has 1 unspecified atom stereocenters. The van der Waals surface area contributed by atoms with Gasteiger partial charge in [-0.05, 0) is 12.7 Å². The van der Waals surface area contributed by atoms with Crippen molar-refractivity contribution in [2.75, 3.05) is 33.1 Å². The Labute approximate surface area is 88.9 Å². The average Bonchev–Trinajstić information content (AvgIpc) is 2.63. The number of hydrogen-bond donors (Lipinski definition) is 0. The van der Waals surface area contributed by atoms with Crippen LogP contribution in [0.4, 0.5) is 0 Å². The third-order valence-corrected chi connectivity index (χ3v) is 3.00. The first-order valence-electron chi connectivity index (χ1n) is 4.56. The highest BCUT2D eigenvalue weighted by atomic mass is 32.2. The molecule has 0 aliphatic carbocycles. The molecule has 0 spiro atoms. The number of thioether (sulfide) groups is 1. The second kappa shape index (κ2) is 5.89. The Hall–Kier alpha value is -0.730. The van der Waals surface area contributed by atoms with Gasteiger partial charge in [0.2, 0.25) is 6.19 Å². The Morgan fingerprint density at radius 1 is 1.79 bits per heavy atom. The summed E-state index contributed by atoms with van der Waals surface area (Å²) in [5, 5.41) is 9.32. The second-order valence-electron chi connectivity index (χ2n) is 3.25. The zero-order valence-corrected chi connectivity index (χ0v) is 9.38. The predicted octanol–water partition coefficient (Wildman–Crippen LogP) is 1.15. The number of rotatable bonds is 2. The van der Waals surface area contributed by atoms with Crippen LogP contribution in [0, 0.1) is 17.4 Å². The molecule has 4 nitrogen and oxygen atoms in total. The van der Waals surface area contributed by atoms with Crippen LogP contribution in [-0.2, 0) is 4.74 Å². The van der Waals surface area contributed by atoms with E-state index >= 15 is 0 Å². The van der Waals surface area contributed by atoms with Crippen molar-refractivity contribution in [3.05, 3.63) is 0 Å². The van der Waals surface area contributed by atoms with Crippen LogP contribution >= 0.6 is 11.8 Å². The highest BCUT2D eigenvalue weighted by molar-refractivity contribution is 8.13. The number of nitrogens with zero attached hydrogens (tertiary/aromatic N) is 3. The van der Waals surface area contributed by atoms with Crippen LogP contribution in [-0.4, -0.2) is 43.1 Å². The van der Waals surface area contributed by atoms with Gasteiger partial charge in [0, 0.05) is 26.1 Å². The Balaban J connectivity index is 2.48. The van der Waals surface area contributed by atoms with Gasteiger partial charge in [-0.15, -0.1) is 4.99 Å². The standard InChI is InChI=1S/C9H15N3OS/c1-13-6-8-3-4-12(5-8)9(14-2)11-7-10/h8H,3-6H2,1-2H3. The topological polar surface area (TPSA) is 48.6 Å². The lowest BCUT2D eigenvalue weighted by Gasteiger charge is -2.17. The molecule has 0 aromatic rings. The maximum Gasteiger partial charge on any atom is 0.208 e. The summed E-state index contributed by atoms with van der Waals surface area (Å²) >= 11 is 1.52. The predicted molar refractivity (Wildman–Crippen MR) is 58.1 cm³/mol. The van der Waals surface area contributed by atoms with Crippen molar-refractivity contribution >= 4 is 16.9 Å². The molecule has 0 amide bonds. The highest BCUT2D eigenvalue weighted by Crippen LogP contribution is 2.19. The summed E-state index contributed by atoms with van der Waals surface area (Å²) in [6.45, 7) is 2.73. The van der Waals surface area contributed by atoms with Crippen LogP contribution in [0.15, 0.2) is 4.99 Å². The van der Waals surface area contributed by atoms with Crippen molar-refractivity contribution in [1.29, 1.82) is 5.26 Å². The van der Waals surface area contributed by atoms with Crippen LogP contribution < -0.4 is 0 Å². The molecule has 0 saturated carbocycles. The minimum absolute atomic E-state index is 0.580. The highest BCUT2D eigenvalue weighted by Gasteiger charge is 2.24. The number of ether oxygens (including phenoxy) is 1. The SMILES string of the molecule is COCC1CCN(C(=NC#N)SC)C1. The molecule has 1 aliphatic rings. The first-order valence-corrected chi connectivity index (χ1v) is 5.79. The molecule has 78 valence electrons.